The quantitative estimate of drug-likeness (QED) is 0.608. The number of carbonyl (C=O) groups excluding carboxylic acids is 2. The van der Waals surface area contributed by atoms with Crippen LogP contribution in [-0.4, -0.2) is 18.4 Å². The molecule has 2 amide bonds. The second kappa shape index (κ2) is 7.30. The fourth-order valence-corrected chi connectivity index (χ4v) is 4.32. The molecule has 0 fully saturated rings. The highest BCUT2D eigenvalue weighted by atomic mass is 16.2. The van der Waals surface area contributed by atoms with E-state index in [1.807, 2.05) is 77.7 Å². The number of amides is 2. The monoisotopic (exact) mass is 394 g/mol. The lowest BCUT2D eigenvalue weighted by Gasteiger charge is -2.22. The predicted molar refractivity (Wildman–Crippen MR) is 119 cm³/mol. The Labute approximate surface area is 176 Å². The first kappa shape index (κ1) is 18.4. The van der Waals surface area contributed by atoms with Crippen LogP contribution in [-0.2, 0) is 22.4 Å². The minimum Gasteiger partial charge on any atom is -0.336 e. The Bertz CT molecular complexity index is 1160. The van der Waals surface area contributed by atoms with Crippen LogP contribution in [0.5, 0.6) is 0 Å². The van der Waals surface area contributed by atoms with Gasteiger partial charge in [-0.2, -0.15) is 0 Å². The molecule has 0 bridgehead atoms. The fourth-order valence-electron chi connectivity index (χ4n) is 4.32. The van der Waals surface area contributed by atoms with Gasteiger partial charge in [-0.1, -0.05) is 67.6 Å². The van der Waals surface area contributed by atoms with Gasteiger partial charge in [-0.05, 0) is 47.7 Å². The number of carbonyl (C=O) groups is 2. The highest BCUT2D eigenvalue weighted by molar-refractivity contribution is 6.46. The van der Waals surface area contributed by atoms with Crippen molar-refractivity contribution in [3.05, 3.63) is 101 Å². The summed E-state index contributed by atoms with van der Waals surface area (Å²) in [5, 5.41) is 0. The molecule has 0 unspecified atom stereocenters. The molecule has 0 saturated carbocycles. The molecule has 0 aliphatic carbocycles. The minimum atomic E-state index is -0.269. The summed E-state index contributed by atoms with van der Waals surface area (Å²) >= 11 is 0. The maximum Gasteiger partial charge on any atom is 0.282 e. The van der Waals surface area contributed by atoms with E-state index in [4.69, 9.17) is 0 Å². The minimum absolute atomic E-state index is 0.264. The lowest BCUT2D eigenvalue weighted by atomic mass is 10.0. The molecule has 5 rings (SSSR count). The van der Waals surface area contributed by atoms with Crippen molar-refractivity contribution in [2.45, 2.75) is 19.8 Å². The van der Waals surface area contributed by atoms with E-state index in [9.17, 15) is 9.59 Å². The van der Waals surface area contributed by atoms with Crippen LogP contribution < -0.4 is 9.80 Å². The first-order valence-corrected chi connectivity index (χ1v) is 10.3. The summed E-state index contributed by atoms with van der Waals surface area (Å²) in [7, 11) is 0. The zero-order valence-electron chi connectivity index (χ0n) is 16.8. The molecule has 0 aromatic heterocycles. The van der Waals surface area contributed by atoms with Crippen LogP contribution in [0.2, 0.25) is 0 Å². The first-order valence-electron chi connectivity index (χ1n) is 10.3. The average Bonchev–Trinajstić information content (AvgIpc) is 3.32. The number of anilines is 2. The molecule has 2 heterocycles. The smallest absolute Gasteiger partial charge is 0.282 e. The Hall–Kier alpha value is -3.66. The molecular weight excluding hydrogens is 372 g/mol. The van der Waals surface area contributed by atoms with Gasteiger partial charge in [0.2, 0.25) is 0 Å². The van der Waals surface area contributed by atoms with E-state index < -0.39 is 0 Å². The second-order valence-electron chi connectivity index (χ2n) is 7.59. The lowest BCUT2D eigenvalue weighted by Crippen LogP contribution is -2.34. The van der Waals surface area contributed by atoms with E-state index >= 15 is 0 Å². The third kappa shape index (κ3) is 2.84. The van der Waals surface area contributed by atoms with Crippen LogP contribution in [0.15, 0.2) is 84.6 Å². The summed E-state index contributed by atoms with van der Waals surface area (Å²) < 4.78 is 0. The average molecular weight is 394 g/mol. The van der Waals surface area contributed by atoms with E-state index in [-0.39, 0.29) is 11.8 Å². The SMILES string of the molecule is CCc1ccc(N2C(=O)C(c3ccccc3)=C(N3CCc4ccccc43)C2=O)cc1. The molecule has 0 radical (unpaired) electrons. The largest absolute Gasteiger partial charge is 0.336 e. The number of hydrogen-bond donors (Lipinski definition) is 0. The molecule has 4 heteroatoms. The van der Waals surface area contributed by atoms with Crippen LogP contribution in [0, 0.1) is 0 Å². The van der Waals surface area contributed by atoms with Crippen molar-refractivity contribution in [2.75, 3.05) is 16.3 Å². The molecule has 3 aromatic rings. The Balaban J connectivity index is 1.65. The summed E-state index contributed by atoms with van der Waals surface area (Å²) in [5.74, 6) is -0.533. The highest BCUT2D eigenvalue weighted by Gasteiger charge is 2.43. The van der Waals surface area contributed by atoms with E-state index in [1.165, 1.54) is 16.0 Å². The maximum atomic E-state index is 13.7. The Kier molecular flexibility index (Phi) is 4.47. The molecule has 0 atom stereocenters. The molecule has 148 valence electrons. The van der Waals surface area contributed by atoms with Gasteiger partial charge in [-0.3, -0.25) is 9.59 Å². The summed E-state index contributed by atoms with van der Waals surface area (Å²) in [6.45, 7) is 2.77. The van der Waals surface area contributed by atoms with Gasteiger partial charge < -0.3 is 4.90 Å². The van der Waals surface area contributed by atoms with E-state index in [1.54, 1.807) is 0 Å². The predicted octanol–water partition coefficient (Wildman–Crippen LogP) is 4.60. The number of benzene rings is 3. The number of para-hydroxylation sites is 1. The van der Waals surface area contributed by atoms with Gasteiger partial charge in [0.05, 0.1) is 11.3 Å². The van der Waals surface area contributed by atoms with Crippen molar-refractivity contribution in [2.24, 2.45) is 0 Å². The van der Waals surface area contributed by atoms with Gasteiger partial charge in [0.15, 0.2) is 0 Å². The first-order chi connectivity index (χ1) is 14.7. The van der Waals surface area contributed by atoms with Crippen LogP contribution in [0.4, 0.5) is 11.4 Å². The van der Waals surface area contributed by atoms with Crippen molar-refractivity contribution in [3.63, 3.8) is 0 Å². The molecule has 0 spiro atoms. The summed E-state index contributed by atoms with van der Waals surface area (Å²) in [5.41, 5.74) is 5.69. The van der Waals surface area contributed by atoms with Crippen LogP contribution in [0.25, 0.3) is 5.57 Å². The van der Waals surface area contributed by atoms with Gasteiger partial charge in [0.25, 0.3) is 11.8 Å². The lowest BCUT2D eigenvalue weighted by molar-refractivity contribution is -0.120. The topological polar surface area (TPSA) is 40.6 Å². The number of hydrogen-bond acceptors (Lipinski definition) is 3. The van der Waals surface area contributed by atoms with E-state index in [0.29, 0.717) is 23.5 Å². The number of imide groups is 1. The third-order valence-electron chi connectivity index (χ3n) is 5.88. The van der Waals surface area contributed by atoms with Gasteiger partial charge >= 0.3 is 0 Å². The van der Waals surface area contributed by atoms with Gasteiger partial charge in [-0.15, -0.1) is 0 Å². The zero-order chi connectivity index (χ0) is 20.7. The number of rotatable bonds is 4. The van der Waals surface area contributed by atoms with Crippen molar-refractivity contribution in [1.29, 1.82) is 0 Å². The second-order valence-corrected chi connectivity index (χ2v) is 7.59. The van der Waals surface area contributed by atoms with Gasteiger partial charge in [-0.25, -0.2) is 4.90 Å². The van der Waals surface area contributed by atoms with Crippen LogP contribution in [0.1, 0.15) is 23.6 Å². The van der Waals surface area contributed by atoms with Gasteiger partial charge in [0, 0.05) is 12.2 Å². The van der Waals surface area contributed by atoms with E-state index in [0.717, 1.165) is 24.1 Å². The van der Waals surface area contributed by atoms with Crippen LogP contribution >= 0.6 is 0 Å². The summed E-state index contributed by atoms with van der Waals surface area (Å²) in [4.78, 5) is 30.6. The van der Waals surface area contributed by atoms with Crippen molar-refractivity contribution < 1.29 is 9.59 Å². The third-order valence-corrected chi connectivity index (χ3v) is 5.88. The molecule has 2 aliphatic rings. The Morgan fingerprint density at radius 1 is 0.800 bits per heavy atom. The molecule has 0 N–H and O–H groups in total. The van der Waals surface area contributed by atoms with Gasteiger partial charge in [0.1, 0.15) is 5.70 Å². The Morgan fingerprint density at radius 3 is 2.23 bits per heavy atom. The number of nitrogens with zero attached hydrogens (tertiary/aromatic N) is 2. The summed E-state index contributed by atoms with van der Waals surface area (Å²) in [6, 6.07) is 25.3. The van der Waals surface area contributed by atoms with Crippen molar-refractivity contribution in [3.8, 4) is 0 Å². The normalized spacial score (nSPS) is 15.9. The molecule has 30 heavy (non-hydrogen) atoms. The van der Waals surface area contributed by atoms with Crippen molar-refractivity contribution >= 4 is 28.8 Å². The standard InChI is InChI=1S/C26H22N2O2/c1-2-18-12-14-21(15-13-18)28-25(29)23(20-9-4-3-5-10-20)24(26(28)30)27-17-16-19-8-6-7-11-22(19)27/h3-15H,2,16-17H2,1H3. The highest BCUT2D eigenvalue weighted by Crippen LogP contribution is 2.39. The molecular formula is C26H22N2O2. The number of aryl methyl sites for hydroxylation is 1. The zero-order valence-corrected chi connectivity index (χ0v) is 16.8. The molecule has 4 nitrogen and oxygen atoms in total. The van der Waals surface area contributed by atoms with Crippen LogP contribution in [0.3, 0.4) is 0 Å². The molecule has 0 saturated heterocycles. The Morgan fingerprint density at radius 2 is 1.50 bits per heavy atom. The maximum absolute atomic E-state index is 13.7. The fraction of sp³-hybridized carbons (Fsp3) is 0.154. The van der Waals surface area contributed by atoms with Crippen molar-refractivity contribution in [1.82, 2.24) is 0 Å². The van der Waals surface area contributed by atoms with E-state index in [2.05, 4.69) is 13.0 Å². The summed E-state index contributed by atoms with van der Waals surface area (Å²) in [6.07, 6.45) is 1.76. The molecule has 3 aromatic carbocycles. The molecule has 2 aliphatic heterocycles. The number of fused-ring (bicyclic) bond motifs is 1.